The van der Waals surface area contributed by atoms with Crippen LogP contribution in [0.5, 0.6) is 11.5 Å². The minimum atomic E-state index is -0.506. The Balaban J connectivity index is 1.72. The van der Waals surface area contributed by atoms with Crippen LogP contribution in [0.2, 0.25) is 5.02 Å². The van der Waals surface area contributed by atoms with E-state index in [0.29, 0.717) is 46.4 Å². The number of benzene rings is 2. The number of hydrogen-bond donors (Lipinski definition) is 0. The minimum absolute atomic E-state index is 0.0476. The fourth-order valence-electron chi connectivity index (χ4n) is 2.20. The second kappa shape index (κ2) is 6.59. The molecule has 0 fully saturated rings. The number of rotatable bonds is 3. The van der Waals surface area contributed by atoms with Crippen molar-refractivity contribution in [1.29, 1.82) is 5.26 Å². The molecule has 0 aromatic heterocycles. The van der Waals surface area contributed by atoms with Gasteiger partial charge in [0.2, 0.25) is 0 Å². The van der Waals surface area contributed by atoms with Crippen molar-refractivity contribution >= 4 is 17.6 Å². The Bertz CT molecular complexity index is 798. The number of carbonyl (C=O) groups is 1. The summed E-state index contributed by atoms with van der Waals surface area (Å²) in [6.45, 7) is 0.954. The Morgan fingerprint density at radius 1 is 1.26 bits per heavy atom. The van der Waals surface area contributed by atoms with Crippen molar-refractivity contribution in [2.45, 2.75) is 6.61 Å². The number of fused-ring (bicyclic) bond motifs is 1. The van der Waals surface area contributed by atoms with E-state index < -0.39 is 5.97 Å². The Morgan fingerprint density at radius 2 is 2.09 bits per heavy atom. The van der Waals surface area contributed by atoms with Gasteiger partial charge in [-0.2, -0.15) is 5.26 Å². The summed E-state index contributed by atoms with van der Waals surface area (Å²) >= 11 is 6.14. The fourth-order valence-corrected chi connectivity index (χ4v) is 2.48. The van der Waals surface area contributed by atoms with Gasteiger partial charge in [-0.1, -0.05) is 17.7 Å². The number of carbonyl (C=O) groups excluding carboxylic acids is 1. The molecule has 0 aliphatic carbocycles. The van der Waals surface area contributed by atoms with E-state index in [4.69, 9.17) is 31.1 Å². The molecule has 0 amide bonds. The summed E-state index contributed by atoms with van der Waals surface area (Å²) in [6, 6.07) is 11.7. The Morgan fingerprint density at radius 3 is 2.91 bits per heavy atom. The molecule has 3 rings (SSSR count). The van der Waals surface area contributed by atoms with E-state index in [1.807, 2.05) is 6.07 Å². The molecule has 0 bridgehead atoms. The van der Waals surface area contributed by atoms with E-state index >= 15 is 0 Å². The molecule has 23 heavy (non-hydrogen) atoms. The van der Waals surface area contributed by atoms with Crippen LogP contribution in [0.25, 0.3) is 0 Å². The standard InChI is InChI=1S/C17H12ClNO4/c18-14-7-12(8-15-16(14)22-5-4-21-15)10-23-17(20)13-3-1-2-11(6-13)9-19/h1-3,6-8H,4-5,10H2. The quantitative estimate of drug-likeness (QED) is 0.808. The zero-order valence-corrected chi connectivity index (χ0v) is 12.8. The Labute approximate surface area is 138 Å². The third-order valence-corrected chi connectivity index (χ3v) is 3.53. The molecule has 116 valence electrons. The zero-order chi connectivity index (χ0) is 16.2. The molecular formula is C17H12ClNO4. The topological polar surface area (TPSA) is 68.6 Å². The maximum absolute atomic E-state index is 12.0. The van der Waals surface area contributed by atoms with Crippen molar-refractivity contribution in [3.63, 3.8) is 0 Å². The van der Waals surface area contributed by atoms with E-state index in [0.717, 1.165) is 0 Å². The van der Waals surface area contributed by atoms with Gasteiger partial charge < -0.3 is 14.2 Å². The van der Waals surface area contributed by atoms with Gasteiger partial charge in [0.15, 0.2) is 11.5 Å². The van der Waals surface area contributed by atoms with E-state index in [2.05, 4.69) is 0 Å². The molecule has 0 saturated carbocycles. The summed E-state index contributed by atoms with van der Waals surface area (Å²) < 4.78 is 16.2. The third kappa shape index (κ3) is 3.38. The zero-order valence-electron chi connectivity index (χ0n) is 12.0. The van der Waals surface area contributed by atoms with Crippen LogP contribution in [-0.4, -0.2) is 19.2 Å². The maximum atomic E-state index is 12.0. The van der Waals surface area contributed by atoms with E-state index in [-0.39, 0.29) is 6.61 Å². The first kappa shape index (κ1) is 15.2. The van der Waals surface area contributed by atoms with Crippen LogP contribution in [0.1, 0.15) is 21.5 Å². The number of hydrogen-bond acceptors (Lipinski definition) is 5. The second-order valence-electron chi connectivity index (χ2n) is 4.87. The first-order valence-corrected chi connectivity index (χ1v) is 7.30. The van der Waals surface area contributed by atoms with Gasteiger partial charge in [-0.05, 0) is 35.9 Å². The van der Waals surface area contributed by atoms with E-state index in [1.54, 1.807) is 30.3 Å². The van der Waals surface area contributed by atoms with Crippen molar-refractivity contribution < 1.29 is 19.0 Å². The van der Waals surface area contributed by atoms with Gasteiger partial charge in [-0.15, -0.1) is 0 Å². The first-order valence-electron chi connectivity index (χ1n) is 6.92. The molecule has 0 N–H and O–H groups in total. The summed E-state index contributed by atoms with van der Waals surface area (Å²) in [5, 5.41) is 9.27. The highest BCUT2D eigenvalue weighted by Crippen LogP contribution is 2.38. The molecule has 0 spiro atoms. The lowest BCUT2D eigenvalue weighted by Crippen LogP contribution is -2.16. The SMILES string of the molecule is N#Cc1cccc(C(=O)OCc2cc(Cl)c3c(c2)OCCO3)c1. The largest absolute Gasteiger partial charge is 0.486 e. The van der Waals surface area contributed by atoms with Crippen LogP contribution in [0.4, 0.5) is 0 Å². The molecular weight excluding hydrogens is 318 g/mol. The average molecular weight is 330 g/mol. The summed E-state index contributed by atoms with van der Waals surface area (Å²) in [4.78, 5) is 12.0. The van der Waals surface area contributed by atoms with Crippen LogP contribution in [0, 0.1) is 11.3 Å². The Kier molecular flexibility index (Phi) is 4.35. The van der Waals surface area contributed by atoms with Crippen LogP contribution >= 0.6 is 11.6 Å². The molecule has 1 aliphatic heterocycles. The van der Waals surface area contributed by atoms with E-state index in [1.165, 1.54) is 6.07 Å². The molecule has 0 saturated heterocycles. The number of nitriles is 1. The summed E-state index contributed by atoms with van der Waals surface area (Å²) in [6.07, 6.45) is 0. The monoisotopic (exact) mass is 329 g/mol. The van der Waals surface area contributed by atoms with Gasteiger partial charge in [-0.25, -0.2) is 4.79 Å². The van der Waals surface area contributed by atoms with Gasteiger partial charge >= 0.3 is 5.97 Å². The Hall–Kier alpha value is -2.71. The van der Waals surface area contributed by atoms with Crippen LogP contribution in [0.3, 0.4) is 0 Å². The number of esters is 1. The second-order valence-corrected chi connectivity index (χ2v) is 5.28. The molecule has 2 aromatic carbocycles. The summed E-state index contributed by atoms with van der Waals surface area (Å²) in [7, 11) is 0. The summed E-state index contributed by atoms with van der Waals surface area (Å²) in [5.41, 5.74) is 1.43. The molecule has 0 radical (unpaired) electrons. The van der Waals surface area contributed by atoms with Gasteiger partial charge in [0, 0.05) is 0 Å². The lowest BCUT2D eigenvalue weighted by atomic mass is 10.1. The molecule has 1 heterocycles. The summed E-state index contributed by atoms with van der Waals surface area (Å²) in [5.74, 6) is 0.545. The minimum Gasteiger partial charge on any atom is -0.486 e. The molecule has 5 nitrogen and oxygen atoms in total. The molecule has 1 aliphatic rings. The van der Waals surface area contributed by atoms with Crippen molar-refractivity contribution in [2.24, 2.45) is 0 Å². The highest BCUT2D eigenvalue weighted by Gasteiger charge is 2.17. The van der Waals surface area contributed by atoms with Crippen molar-refractivity contribution in [1.82, 2.24) is 0 Å². The molecule has 0 atom stereocenters. The number of ether oxygens (including phenoxy) is 3. The first-order chi connectivity index (χ1) is 11.2. The predicted molar refractivity (Wildman–Crippen MR) is 82.7 cm³/mol. The van der Waals surface area contributed by atoms with Crippen LogP contribution in [0.15, 0.2) is 36.4 Å². The van der Waals surface area contributed by atoms with Crippen molar-refractivity contribution in [3.8, 4) is 17.6 Å². The average Bonchev–Trinajstić information content (AvgIpc) is 2.60. The van der Waals surface area contributed by atoms with Crippen molar-refractivity contribution in [2.75, 3.05) is 13.2 Å². The van der Waals surface area contributed by atoms with Crippen molar-refractivity contribution in [3.05, 3.63) is 58.1 Å². The van der Waals surface area contributed by atoms with Crippen LogP contribution in [-0.2, 0) is 11.3 Å². The molecule has 2 aromatic rings. The molecule has 0 unspecified atom stereocenters. The molecule has 6 heteroatoms. The number of nitrogens with zero attached hydrogens (tertiary/aromatic N) is 1. The lowest BCUT2D eigenvalue weighted by Gasteiger charge is -2.20. The van der Waals surface area contributed by atoms with Gasteiger partial charge in [0.25, 0.3) is 0 Å². The van der Waals surface area contributed by atoms with Gasteiger partial charge in [-0.3, -0.25) is 0 Å². The van der Waals surface area contributed by atoms with Gasteiger partial charge in [0.05, 0.1) is 22.2 Å². The lowest BCUT2D eigenvalue weighted by molar-refractivity contribution is 0.0472. The highest BCUT2D eigenvalue weighted by atomic mass is 35.5. The predicted octanol–water partition coefficient (Wildman–Crippen LogP) is 3.34. The van der Waals surface area contributed by atoms with Crippen LogP contribution < -0.4 is 9.47 Å². The fraction of sp³-hybridized carbons (Fsp3) is 0.176. The normalized spacial score (nSPS) is 12.3. The van der Waals surface area contributed by atoms with Gasteiger partial charge in [0.1, 0.15) is 19.8 Å². The van der Waals surface area contributed by atoms with E-state index in [9.17, 15) is 4.79 Å². The number of halogens is 1. The highest BCUT2D eigenvalue weighted by molar-refractivity contribution is 6.32. The smallest absolute Gasteiger partial charge is 0.338 e. The third-order valence-electron chi connectivity index (χ3n) is 3.25. The maximum Gasteiger partial charge on any atom is 0.338 e.